The highest BCUT2D eigenvalue weighted by Crippen LogP contribution is 2.33. The molecule has 0 bridgehead atoms. The van der Waals surface area contributed by atoms with Gasteiger partial charge >= 0.3 is 6.61 Å². The zero-order valence-corrected chi connectivity index (χ0v) is 17.5. The first-order valence-corrected chi connectivity index (χ1v) is 10.2. The maximum atomic E-state index is 12.7. The third-order valence-electron chi connectivity index (χ3n) is 5.07. The second-order valence-electron chi connectivity index (χ2n) is 7.05. The van der Waals surface area contributed by atoms with Crippen molar-refractivity contribution in [3.63, 3.8) is 0 Å². The van der Waals surface area contributed by atoms with Gasteiger partial charge in [-0.2, -0.15) is 8.78 Å². The molecule has 0 aromatic heterocycles. The van der Waals surface area contributed by atoms with E-state index in [1.54, 1.807) is 12.1 Å². The van der Waals surface area contributed by atoms with Crippen molar-refractivity contribution in [3.8, 4) is 11.5 Å². The van der Waals surface area contributed by atoms with Crippen LogP contribution in [0.5, 0.6) is 11.5 Å². The van der Waals surface area contributed by atoms with Crippen LogP contribution in [0.3, 0.4) is 0 Å². The van der Waals surface area contributed by atoms with Crippen LogP contribution in [0, 0.1) is 0 Å². The van der Waals surface area contributed by atoms with E-state index in [4.69, 9.17) is 4.74 Å². The summed E-state index contributed by atoms with van der Waals surface area (Å²) >= 11 is 0. The van der Waals surface area contributed by atoms with Gasteiger partial charge in [0.15, 0.2) is 11.5 Å². The van der Waals surface area contributed by atoms with Gasteiger partial charge in [-0.25, -0.2) is 0 Å². The number of nitrogens with zero attached hydrogens (tertiary/aromatic N) is 2. The number of benzene rings is 2. The minimum absolute atomic E-state index is 0.0969. The van der Waals surface area contributed by atoms with Crippen LogP contribution in [0.15, 0.2) is 54.6 Å². The van der Waals surface area contributed by atoms with Gasteiger partial charge in [0.1, 0.15) is 0 Å². The molecule has 0 radical (unpaired) electrons. The highest BCUT2D eigenvalue weighted by molar-refractivity contribution is 5.92. The number of hydrogen-bond donors (Lipinski definition) is 1. The van der Waals surface area contributed by atoms with Gasteiger partial charge in [0, 0.05) is 56.6 Å². The molecule has 3 rings (SSSR count). The van der Waals surface area contributed by atoms with Crippen LogP contribution in [0.1, 0.15) is 5.56 Å². The second kappa shape index (κ2) is 11.3. The predicted molar refractivity (Wildman–Crippen MR) is 117 cm³/mol. The fourth-order valence-corrected chi connectivity index (χ4v) is 3.47. The maximum Gasteiger partial charge on any atom is 0.387 e. The Morgan fingerprint density at radius 2 is 1.84 bits per heavy atom. The van der Waals surface area contributed by atoms with Crippen molar-refractivity contribution in [2.45, 2.75) is 6.61 Å². The highest BCUT2D eigenvalue weighted by Gasteiger charge is 2.17. The molecule has 0 atom stereocenters. The Kier molecular flexibility index (Phi) is 8.23. The van der Waals surface area contributed by atoms with Crippen molar-refractivity contribution in [1.29, 1.82) is 0 Å². The molecule has 1 N–H and O–H groups in total. The molecule has 2 aromatic carbocycles. The number of nitrogens with one attached hydrogen (secondary N) is 1. The average molecular weight is 431 g/mol. The van der Waals surface area contributed by atoms with E-state index in [-0.39, 0.29) is 17.4 Å². The number of hydrogen-bond acceptors (Lipinski definition) is 5. The fourth-order valence-electron chi connectivity index (χ4n) is 3.47. The standard InChI is InChI=1S/C23H27F2N3O3/c1-30-20-9-5-6-18(22(20)31-23(24)25)10-11-21(29)26-12-13-27-14-16-28(17-15-27)19-7-3-2-4-8-19/h2-11,23H,12-17H2,1H3,(H,26,29)/b11-10+. The summed E-state index contributed by atoms with van der Waals surface area (Å²) < 4.78 is 35.0. The number of halogens is 2. The Bertz CT molecular complexity index is 870. The molecule has 2 aromatic rings. The molecule has 8 heteroatoms. The number of ether oxygens (including phenoxy) is 2. The third-order valence-corrected chi connectivity index (χ3v) is 5.07. The zero-order chi connectivity index (χ0) is 22.1. The fraction of sp³-hybridized carbons (Fsp3) is 0.348. The first-order chi connectivity index (χ1) is 15.1. The smallest absolute Gasteiger partial charge is 0.387 e. The Morgan fingerprint density at radius 3 is 2.52 bits per heavy atom. The summed E-state index contributed by atoms with van der Waals surface area (Å²) in [5.41, 5.74) is 1.57. The van der Waals surface area contributed by atoms with Crippen molar-refractivity contribution >= 4 is 17.7 Å². The molecule has 1 aliphatic heterocycles. The monoisotopic (exact) mass is 431 g/mol. The predicted octanol–water partition coefficient (Wildman–Crippen LogP) is 3.25. The van der Waals surface area contributed by atoms with Gasteiger partial charge in [-0.05, 0) is 24.3 Å². The summed E-state index contributed by atoms with van der Waals surface area (Å²) in [4.78, 5) is 16.8. The Hall–Kier alpha value is -3.13. The van der Waals surface area contributed by atoms with Gasteiger partial charge < -0.3 is 19.7 Å². The highest BCUT2D eigenvalue weighted by atomic mass is 19.3. The lowest BCUT2D eigenvalue weighted by Gasteiger charge is -2.36. The van der Waals surface area contributed by atoms with E-state index in [2.05, 4.69) is 32.0 Å². The third kappa shape index (κ3) is 6.68. The number of methoxy groups -OCH3 is 1. The van der Waals surface area contributed by atoms with Gasteiger partial charge in [0.25, 0.3) is 0 Å². The quantitative estimate of drug-likeness (QED) is 0.618. The SMILES string of the molecule is COc1cccc(/C=C/C(=O)NCCN2CCN(c3ccccc3)CC2)c1OC(F)F. The number of carbonyl (C=O) groups excluding carboxylic acids is 1. The lowest BCUT2D eigenvalue weighted by Crippen LogP contribution is -2.48. The van der Waals surface area contributed by atoms with Crippen molar-refractivity contribution < 1.29 is 23.0 Å². The molecule has 0 saturated carbocycles. The molecular formula is C23H27F2N3O3. The number of alkyl halides is 2. The summed E-state index contributed by atoms with van der Waals surface area (Å²) in [5.74, 6) is -0.216. The van der Waals surface area contributed by atoms with Crippen LogP contribution in [-0.2, 0) is 4.79 Å². The van der Waals surface area contributed by atoms with Crippen molar-refractivity contribution in [3.05, 3.63) is 60.2 Å². The number of anilines is 1. The van der Waals surface area contributed by atoms with E-state index < -0.39 is 6.61 Å². The first kappa shape index (κ1) is 22.6. The van der Waals surface area contributed by atoms with E-state index in [9.17, 15) is 13.6 Å². The molecule has 0 aliphatic carbocycles. The molecule has 1 fully saturated rings. The van der Waals surface area contributed by atoms with Crippen LogP contribution >= 0.6 is 0 Å². The molecule has 0 spiro atoms. The average Bonchev–Trinajstić information content (AvgIpc) is 2.79. The van der Waals surface area contributed by atoms with Gasteiger partial charge in [0.2, 0.25) is 5.91 Å². The molecule has 0 unspecified atom stereocenters. The molecule has 166 valence electrons. The largest absolute Gasteiger partial charge is 0.493 e. The van der Waals surface area contributed by atoms with Crippen molar-refractivity contribution in [2.24, 2.45) is 0 Å². The van der Waals surface area contributed by atoms with Gasteiger partial charge in [-0.3, -0.25) is 9.69 Å². The Balaban J connectivity index is 1.44. The summed E-state index contributed by atoms with van der Waals surface area (Å²) in [5, 5.41) is 2.83. The van der Waals surface area contributed by atoms with Crippen LogP contribution in [0.4, 0.5) is 14.5 Å². The summed E-state index contributed by atoms with van der Waals surface area (Å²) in [6.45, 7) is 2.02. The summed E-state index contributed by atoms with van der Waals surface area (Å²) in [6, 6.07) is 15.1. The number of carbonyl (C=O) groups is 1. The van der Waals surface area contributed by atoms with Crippen LogP contribution in [-0.4, -0.2) is 63.8 Å². The second-order valence-corrected chi connectivity index (χ2v) is 7.05. The molecule has 1 amide bonds. The molecule has 1 aliphatic rings. The molecule has 6 nitrogen and oxygen atoms in total. The van der Waals surface area contributed by atoms with Crippen LogP contribution in [0.25, 0.3) is 6.08 Å². The van der Waals surface area contributed by atoms with Crippen LogP contribution in [0.2, 0.25) is 0 Å². The maximum absolute atomic E-state index is 12.7. The number of amides is 1. The topological polar surface area (TPSA) is 54.0 Å². The normalized spacial score (nSPS) is 14.8. The van der Waals surface area contributed by atoms with Crippen molar-refractivity contribution in [1.82, 2.24) is 10.2 Å². The molecule has 1 saturated heterocycles. The van der Waals surface area contributed by atoms with Gasteiger partial charge in [-0.1, -0.05) is 30.3 Å². The van der Waals surface area contributed by atoms with E-state index in [0.29, 0.717) is 12.1 Å². The lowest BCUT2D eigenvalue weighted by atomic mass is 10.1. The Labute approximate surface area is 181 Å². The minimum Gasteiger partial charge on any atom is -0.493 e. The number of para-hydroxylation sites is 2. The van der Waals surface area contributed by atoms with E-state index in [0.717, 1.165) is 32.7 Å². The summed E-state index contributed by atoms with van der Waals surface area (Å²) in [7, 11) is 1.37. The zero-order valence-electron chi connectivity index (χ0n) is 17.5. The van der Waals surface area contributed by atoms with E-state index in [1.807, 2.05) is 18.2 Å². The molecule has 1 heterocycles. The minimum atomic E-state index is -2.99. The van der Waals surface area contributed by atoms with E-state index in [1.165, 1.54) is 31.0 Å². The summed E-state index contributed by atoms with van der Waals surface area (Å²) in [6.07, 6.45) is 2.74. The molecule has 31 heavy (non-hydrogen) atoms. The van der Waals surface area contributed by atoms with Gasteiger partial charge in [0.05, 0.1) is 7.11 Å². The first-order valence-electron chi connectivity index (χ1n) is 10.2. The van der Waals surface area contributed by atoms with Crippen molar-refractivity contribution in [2.75, 3.05) is 51.3 Å². The lowest BCUT2D eigenvalue weighted by molar-refractivity contribution is -0.116. The number of piperazine rings is 1. The van der Waals surface area contributed by atoms with Crippen LogP contribution < -0.4 is 19.7 Å². The van der Waals surface area contributed by atoms with Gasteiger partial charge in [-0.15, -0.1) is 0 Å². The number of rotatable bonds is 9. The Morgan fingerprint density at radius 1 is 1.10 bits per heavy atom. The molecular weight excluding hydrogens is 404 g/mol. The van der Waals surface area contributed by atoms with E-state index >= 15 is 0 Å².